The van der Waals surface area contributed by atoms with Crippen LogP contribution in [0, 0.1) is 0 Å². The van der Waals surface area contributed by atoms with Gasteiger partial charge in [-0.05, 0) is 26.2 Å². The third kappa shape index (κ3) is 3.56. The van der Waals surface area contributed by atoms with Crippen molar-refractivity contribution in [3.63, 3.8) is 0 Å². The summed E-state index contributed by atoms with van der Waals surface area (Å²) in [7, 11) is 0. The molecule has 2 aliphatic rings. The van der Waals surface area contributed by atoms with Crippen molar-refractivity contribution in [2.45, 2.75) is 38.3 Å². The molecule has 82 valence electrons. The highest BCUT2D eigenvalue weighted by Gasteiger charge is 2.20. The minimum atomic E-state index is 0.415. The summed E-state index contributed by atoms with van der Waals surface area (Å²) >= 11 is 0. The number of nitrogens with one attached hydrogen (secondary N) is 1. The van der Waals surface area contributed by atoms with Crippen molar-refractivity contribution in [2.24, 2.45) is 0 Å². The molecule has 3 nitrogen and oxygen atoms in total. The fraction of sp³-hybridized carbons (Fsp3) is 1.00. The quantitative estimate of drug-likeness (QED) is 0.725. The minimum absolute atomic E-state index is 0.415. The predicted molar refractivity (Wildman–Crippen MR) is 57.5 cm³/mol. The summed E-state index contributed by atoms with van der Waals surface area (Å²) in [5.41, 5.74) is 0. The lowest BCUT2D eigenvalue weighted by Crippen LogP contribution is -2.36. The third-order valence-electron chi connectivity index (χ3n) is 2.97. The SMILES string of the molecule is CC1CN(CCNC2CC2)CCCO1. The van der Waals surface area contributed by atoms with Gasteiger partial charge in [-0.1, -0.05) is 0 Å². The van der Waals surface area contributed by atoms with Crippen LogP contribution in [0.1, 0.15) is 26.2 Å². The first-order chi connectivity index (χ1) is 6.84. The van der Waals surface area contributed by atoms with E-state index < -0.39 is 0 Å². The van der Waals surface area contributed by atoms with E-state index in [1.807, 2.05) is 0 Å². The maximum absolute atomic E-state index is 5.61. The Balaban J connectivity index is 1.61. The summed E-state index contributed by atoms with van der Waals surface area (Å²) in [6, 6.07) is 0.843. The Hall–Kier alpha value is -0.120. The molecule has 0 spiro atoms. The molecule has 1 unspecified atom stereocenters. The zero-order valence-electron chi connectivity index (χ0n) is 9.17. The maximum Gasteiger partial charge on any atom is 0.0673 e. The van der Waals surface area contributed by atoms with Crippen molar-refractivity contribution in [2.75, 3.05) is 32.8 Å². The van der Waals surface area contributed by atoms with Crippen LogP contribution in [0.25, 0.3) is 0 Å². The molecule has 0 aromatic heterocycles. The normalized spacial score (nSPS) is 30.2. The largest absolute Gasteiger partial charge is 0.377 e. The molecule has 0 amide bonds. The highest BCUT2D eigenvalue weighted by molar-refractivity contribution is 4.81. The highest BCUT2D eigenvalue weighted by Crippen LogP contribution is 2.18. The Morgan fingerprint density at radius 3 is 3.07 bits per heavy atom. The molecule has 1 N–H and O–H groups in total. The summed E-state index contributed by atoms with van der Waals surface area (Å²) in [6.45, 7) is 7.75. The second kappa shape index (κ2) is 5.10. The van der Waals surface area contributed by atoms with Gasteiger partial charge in [-0.25, -0.2) is 0 Å². The van der Waals surface area contributed by atoms with Crippen LogP contribution in [0.5, 0.6) is 0 Å². The number of hydrogen-bond acceptors (Lipinski definition) is 3. The molecule has 0 radical (unpaired) electrons. The third-order valence-corrected chi connectivity index (χ3v) is 2.97. The number of nitrogens with zero attached hydrogens (tertiary/aromatic N) is 1. The molecule has 14 heavy (non-hydrogen) atoms. The molecule has 1 aliphatic heterocycles. The van der Waals surface area contributed by atoms with Crippen molar-refractivity contribution in [1.29, 1.82) is 0 Å². The molecular weight excluding hydrogens is 176 g/mol. The Kier molecular flexibility index (Phi) is 3.79. The van der Waals surface area contributed by atoms with E-state index in [0.29, 0.717) is 6.10 Å². The molecule has 3 heteroatoms. The summed E-state index contributed by atoms with van der Waals surface area (Å²) in [5.74, 6) is 0. The molecule has 1 aliphatic carbocycles. The Morgan fingerprint density at radius 1 is 1.43 bits per heavy atom. The second-order valence-electron chi connectivity index (χ2n) is 4.56. The van der Waals surface area contributed by atoms with Crippen LogP contribution in [-0.4, -0.2) is 49.8 Å². The van der Waals surface area contributed by atoms with Gasteiger partial charge < -0.3 is 10.1 Å². The topological polar surface area (TPSA) is 24.5 Å². The van der Waals surface area contributed by atoms with Crippen molar-refractivity contribution < 1.29 is 4.74 Å². The molecule has 1 saturated heterocycles. The lowest BCUT2D eigenvalue weighted by molar-refractivity contribution is 0.0679. The number of hydrogen-bond donors (Lipinski definition) is 1. The van der Waals surface area contributed by atoms with Gasteiger partial charge in [0.2, 0.25) is 0 Å². The van der Waals surface area contributed by atoms with Crippen LogP contribution < -0.4 is 5.32 Å². The minimum Gasteiger partial charge on any atom is -0.377 e. The van der Waals surface area contributed by atoms with Crippen LogP contribution >= 0.6 is 0 Å². The first-order valence-corrected chi connectivity index (χ1v) is 5.92. The lowest BCUT2D eigenvalue weighted by Gasteiger charge is -2.21. The van der Waals surface area contributed by atoms with Gasteiger partial charge in [0.05, 0.1) is 6.10 Å². The Labute approximate surface area is 86.8 Å². The average molecular weight is 198 g/mol. The van der Waals surface area contributed by atoms with Gasteiger partial charge in [0.25, 0.3) is 0 Å². The molecular formula is C11H22N2O. The van der Waals surface area contributed by atoms with Gasteiger partial charge in [-0.2, -0.15) is 0 Å². The zero-order chi connectivity index (χ0) is 9.80. The van der Waals surface area contributed by atoms with E-state index in [2.05, 4.69) is 17.1 Å². The van der Waals surface area contributed by atoms with Crippen LogP contribution in [0.15, 0.2) is 0 Å². The first-order valence-electron chi connectivity index (χ1n) is 5.92. The van der Waals surface area contributed by atoms with Crippen molar-refractivity contribution in [3.8, 4) is 0 Å². The monoisotopic (exact) mass is 198 g/mol. The van der Waals surface area contributed by atoms with Gasteiger partial charge in [0.1, 0.15) is 0 Å². The zero-order valence-corrected chi connectivity index (χ0v) is 9.17. The summed E-state index contributed by atoms with van der Waals surface area (Å²) in [6.07, 6.45) is 4.38. The molecule has 1 saturated carbocycles. The first kappa shape index (κ1) is 10.4. The van der Waals surface area contributed by atoms with Gasteiger partial charge >= 0.3 is 0 Å². The molecule has 0 aromatic carbocycles. The standard InChI is InChI=1S/C11H22N2O/c1-10-9-13(6-2-8-14-10)7-5-12-11-3-4-11/h10-12H,2-9H2,1H3. The highest BCUT2D eigenvalue weighted by atomic mass is 16.5. The van der Waals surface area contributed by atoms with Crippen LogP contribution in [0.3, 0.4) is 0 Å². The molecule has 0 bridgehead atoms. The molecule has 2 rings (SSSR count). The average Bonchev–Trinajstić information content (AvgIpc) is 2.94. The summed E-state index contributed by atoms with van der Waals surface area (Å²) < 4.78 is 5.61. The molecule has 2 fully saturated rings. The predicted octanol–water partition coefficient (Wildman–Crippen LogP) is 0.849. The smallest absolute Gasteiger partial charge is 0.0673 e. The molecule has 1 heterocycles. The summed E-state index contributed by atoms with van der Waals surface area (Å²) in [4.78, 5) is 2.52. The van der Waals surface area contributed by atoms with E-state index in [-0.39, 0.29) is 0 Å². The Bertz CT molecular complexity index is 171. The van der Waals surface area contributed by atoms with Gasteiger partial charge in [-0.3, -0.25) is 4.90 Å². The summed E-state index contributed by atoms with van der Waals surface area (Å²) in [5, 5.41) is 3.56. The van der Waals surface area contributed by atoms with E-state index in [4.69, 9.17) is 4.74 Å². The fourth-order valence-corrected chi connectivity index (χ4v) is 2.00. The van der Waals surface area contributed by atoms with Gasteiger partial charge in [0, 0.05) is 38.8 Å². The Morgan fingerprint density at radius 2 is 2.29 bits per heavy atom. The lowest BCUT2D eigenvalue weighted by atomic mass is 10.3. The fourth-order valence-electron chi connectivity index (χ4n) is 2.00. The van der Waals surface area contributed by atoms with Crippen molar-refractivity contribution in [3.05, 3.63) is 0 Å². The van der Waals surface area contributed by atoms with E-state index >= 15 is 0 Å². The van der Waals surface area contributed by atoms with E-state index in [9.17, 15) is 0 Å². The van der Waals surface area contributed by atoms with Crippen LogP contribution in [0.4, 0.5) is 0 Å². The van der Waals surface area contributed by atoms with E-state index in [1.165, 1.54) is 32.4 Å². The van der Waals surface area contributed by atoms with Gasteiger partial charge in [0.15, 0.2) is 0 Å². The number of ether oxygens (including phenoxy) is 1. The molecule has 1 atom stereocenters. The van der Waals surface area contributed by atoms with E-state index in [0.717, 1.165) is 25.7 Å². The number of rotatable bonds is 4. The van der Waals surface area contributed by atoms with E-state index in [1.54, 1.807) is 0 Å². The maximum atomic E-state index is 5.61. The second-order valence-corrected chi connectivity index (χ2v) is 4.56. The van der Waals surface area contributed by atoms with Crippen molar-refractivity contribution >= 4 is 0 Å². The van der Waals surface area contributed by atoms with Crippen molar-refractivity contribution in [1.82, 2.24) is 10.2 Å². The van der Waals surface area contributed by atoms with Gasteiger partial charge in [-0.15, -0.1) is 0 Å². The van der Waals surface area contributed by atoms with Crippen LogP contribution in [-0.2, 0) is 4.74 Å². The molecule has 0 aromatic rings. The van der Waals surface area contributed by atoms with Crippen LogP contribution in [0.2, 0.25) is 0 Å².